The number of carbonyl (C=O) groups is 1. The Labute approximate surface area is 135 Å². The summed E-state index contributed by atoms with van der Waals surface area (Å²) < 4.78 is 27.6. The first kappa shape index (κ1) is 15.1. The molecule has 0 bridgehead atoms. The van der Waals surface area contributed by atoms with Crippen molar-refractivity contribution in [3.8, 4) is 11.8 Å². The van der Waals surface area contributed by atoms with Gasteiger partial charge >= 0.3 is 0 Å². The Morgan fingerprint density at radius 2 is 1.71 bits per heavy atom. The van der Waals surface area contributed by atoms with Crippen molar-refractivity contribution in [3.63, 3.8) is 0 Å². The van der Waals surface area contributed by atoms with E-state index in [4.69, 9.17) is 8.54 Å². The standard InChI is InChI=1S/C17H32O3Si/c1-13(2)21(14(3)4,15(5)6)20-16(18)11-9-10-12-17(7,8)19/h13-15,19H,9,11H2,1-8H3/i7D3. The molecule has 1 unspecified atom stereocenters. The third-order valence-corrected chi connectivity index (χ3v) is 9.78. The van der Waals surface area contributed by atoms with Crippen molar-refractivity contribution >= 4 is 14.3 Å². The highest BCUT2D eigenvalue weighted by Crippen LogP contribution is 2.42. The van der Waals surface area contributed by atoms with Gasteiger partial charge in [-0.15, -0.1) is 0 Å². The van der Waals surface area contributed by atoms with E-state index < -0.39 is 20.8 Å². The summed E-state index contributed by atoms with van der Waals surface area (Å²) in [4.78, 5) is 12.3. The van der Waals surface area contributed by atoms with E-state index in [2.05, 4.69) is 53.4 Å². The van der Waals surface area contributed by atoms with E-state index in [-0.39, 0.29) is 18.8 Å². The summed E-state index contributed by atoms with van der Waals surface area (Å²) in [6, 6.07) is 0. The van der Waals surface area contributed by atoms with Crippen molar-refractivity contribution < 1.29 is 18.4 Å². The van der Waals surface area contributed by atoms with Crippen LogP contribution in [0.2, 0.25) is 16.6 Å². The Kier molecular flexibility index (Phi) is 5.76. The molecule has 0 aromatic rings. The molecule has 0 aromatic carbocycles. The average Bonchev–Trinajstić information content (AvgIpc) is 2.38. The monoisotopic (exact) mass is 315 g/mol. The van der Waals surface area contributed by atoms with E-state index in [0.29, 0.717) is 16.6 Å². The van der Waals surface area contributed by atoms with Gasteiger partial charge in [0.2, 0.25) is 0 Å². The van der Waals surface area contributed by atoms with Gasteiger partial charge in [0.15, 0.2) is 0 Å². The lowest BCUT2D eigenvalue weighted by atomic mass is 10.1. The molecule has 1 atom stereocenters. The molecular formula is C17H32O3Si. The minimum absolute atomic E-state index is 0.102. The maximum atomic E-state index is 12.3. The van der Waals surface area contributed by atoms with Crippen LogP contribution in [0.4, 0.5) is 0 Å². The van der Waals surface area contributed by atoms with Gasteiger partial charge < -0.3 is 9.53 Å². The summed E-state index contributed by atoms with van der Waals surface area (Å²) in [6.07, 6.45) is 0.273. The smallest absolute Gasteiger partial charge is 0.293 e. The summed E-state index contributed by atoms with van der Waals surface area (Å²) in [7, 11) is -2.25. The van der Waals surface area contributed by atoms with Gasteiger partial charge in [-0.05, 0) is 30.4 Å². The highest BCUT2D eigenvalue weighted by Gasteiger charge is 2.47. The van der Waals surface area contributed by atoms with Gasteiger partial charge in [-0.25, -0.2) is 0 Å². The predicted octanol–water partition coefficient (Wildman–Crippen LogP) is 4.26. The zero-order chi connectivity index (χ0) is 19.3. The highest BCUT2D eigenvalue weighted by molar-refractivity contribution is 6.78. The zero-order valence-electron chi connectivity index (χ0n) is 17.4. The van der Waals surface area contributed by atoms with Gasteiger partial charge in [-0.1, -0.05) is 53.4 Å². The van der Waals surface area contributed by atoms with Crippen molar-refractivity contribution in [2.24, 2.45) is 0 Å². The van der Waals surface area contributed by atoms with Gasteiger partial charge in [-0.3, -0.25) is 4.79 Å². The van der Waals surface area contributed by atoms with Crippen molar-refractivity contribution in [2.45, 2.75) is 90.4 Å². The minimum Gasteiger partial charge on any atom is -0.518 e. The Balaban J connectivity index is 4.93. The maximum Gasteiger partial charge on any atom is 0.293 e. The minimum atomic E-state index is -2.57. The van der Waals surface area contributed by atoms with Crippen molar-refractivity contribution in [1.82, 2.24) is 0 Å². The van der Waals surface area contributed by atoms with Crippen LogP contribution in [-0.2, 0) is 9.22 Å². The zero-order valence-corrected chi connectivity index (χ0v) is 15.4. The largest absolute Gasteiger partial charge is 0.518 e. The lowest BCUT2D eigenvalue weighted by Crippen LogP contribution is -2.49. The molecule has 122 valence electrons. The Morgan fingerprint density at radius 3 is 2.10 bits per heavy atom. The first-order valence-corrected chi connectivity index (χ1v) is 9.76. The number of hydrogen-bond donors (Lipinski definition) is 1. The maximum absolute atomic E-state index is 12.3. The van der Waals surface area contributed by atoms with Gasteiger partial charge in [0.05, 0.1) is 6.42 Å². The van der Waals surface area contributed by atoms with E-state index in [9.17, 15) is 9.90 Å². The molecule has 0 fully saturated rings. The Hall–Kier alpha value is -0.793. The first-order chi connectivity index (χ1) is 10.7. The Morgan fingerprint density at radius 1 is 1.24 bits per heavy atom. The highest BCUT2D eigenvalue weighted by atomic mass is 28.4. The summed E-state index contributed by atoms with van der Waals surface area (Å²) in [5.41, 5.74) is -1.14. The molecular weight excluding hydrogens is 280 g/mol. The van der Waals surface area contributed by atoms with Crippen LogP contribution >= 0.6 is 0 Å². The fourth-order valence-electron chi connectivity index (χ4n) is 3.00. The molecule has 21 heavy (non-hydrogen) atoms. The van der Waals surface area contributed by atoms with Crippen molar-refractivity contribution in [1.29, 1.82) is 0 Å². The van der Waals surface area contributed by atoms with Crippen molar-refractivity contribution in [2.75, 3.05) is 0 Å². The molecule has 4 heteroatoms. The van der Waals surface area contributed by atoms with Crippen LogP contribution in [-0.4, -0.2) is 25.0 Å². The predicted molar refractivity (Wildman–Crippen MR) is 90.4 cm³/mol. The van der Waals surface area contributed by atoms with Crippen LogP contribution in [0.1, 0.15) is 72.3 Å². The fraction of sp³-hybridized carbons (Fsp3) is 0.824. The molecule has 0 aromatic heterocycles. The van der Waals surface area contributed by atoms with Gasteiger partial charge in [0.25, 0.3) is 14.3 Å². The molecule has 0 saturated heterocycles. The molecule has 0 spiro atoms. The summed E-state index contributed by atoms with van der Waals surface area (Å²) in [5.74, 6) is 4.63. The second kappa shape index (κ2) is 8.00. The molecule has 1 N–H and O–H groups in total. The average molecular weight is 316 g/mol. The molecule has 0 saturated carbocycles. The van der Waals surface area contributed by atoms with Crippen LogP contribution < -0.4 is 0 Å². The molecule has 0 heterocycles. The molecule has 3 nitrogen and oxygen atoms in total. The second-order valence-corrected chi connectivity index (χ2v) is 12.0. The number of hydrogen-bond acceptors (Lipinski definition) is 3. The number of aliphatic hydroxyl groups is 1. The second-order valence-electron chi connectivity index (χ2n) is 6.67. The molecule has 0 aliphatic heterocycles. The van der Waals surface area contributed by atoms with Crippen LogP contribution in [0.15, 0.2) is 0 Å². The van der Waals surface area contributed by atoms with Crippen molar-refractivity contribution in [3.05, 3.63) is 0 Å². The third kappa shape index (κ3) is 6.23. The first-order valence-electron chi connectivity index (χ1n) is 9.12. The van der Waals surface area contributed by atoms with E-state index in [1.807, 2.05) is 0 Å². The quantitative estimate of drug-likeness (QED) is 0.588. The fourth-order valence-corrected chi connectivity index (χ4v) is 8.20. The normalized spacial score (nSPS) is 17.6. The van der Waals surface area contributed by atoms with Crippen LogP contribution in [0, 0.1) is 11.8 Å². The van der Waals surface area contributed by atoms with Gasteiger partial charge in [0.1, 0.15) is 5.60 Å². The summed E-state index contributed by atoms with van der Waals surface area (Å²) in [6.45, 7) is 11.2. The lowest BCUT2D eigenvalue weighted by Gasteiger charge is -2.41. The Bertz CT molecular complexity index is 464. The summed E-state index contributed by atoms with van der Waals surface area (Å²) >= 11 is 0. The molecule has 0 rings (SSSR count). The van der Waals surface area contributed by atoms with Crippen LogP contribution in [0.5, 0.6) is 0 Å². The molecule has 0 aliphatic rings. The molecule has 0 amide bonds. The van der Waals surface area contributed by atoms with E-state index >= 15 is 0 Å². The van der Waals surface area contributed by atoms with Gasteiger partial charge in [0, 0.05) is 10.5 Å². The van der Waals surface area contributed by atoms with Crippen LogP contribution in [0.3, 0.4) is 0 Å². The SMILES string of the molecule is [2H]C([2H])([2H])C(C)(O)C#CCCC(=O)O[Si](C(C)C)(C(C)C)C(C)C. The van der Waals surface area contributed by atoms with E-state index in [1.165, 1.54) is 0 Å². The summed E-state index contributed by atoms with van der Waals surface area (Å²) in [5, 5.41) is 9.78. The van der Waals surface area contributed by atoms with E-state index in [0.717, 1.165) is 6.92 Å². The number of rotatable bonds is 6. The topological polar surface area (TPSA) is 46.5 Å². The van der Waals surface area contributed by atoms with Crippen LogP contribution in [0.25, 0.3) is 0 Å². The number of carbonyl (C=O) groups excluding carboxylic acids is 1. The van der Waals surface area contributed by atoms with E-state index in [1.54, 1.807) is 0 Å². The lowest BCUT2D eigenvalue weighted by molar-refractivity contribution is -0.135. The third-order valence-electron chi connectivity index (χ3n) is 3.78. The molecule has 0 radical (unpaired) electrons. The molecule has 0 aliphatic carbocycles. The van der Waals surface area contributed by atoms with Gasteiger partial charge in [-0.2, -0.15) is 0 Å².